The molecule has 1 heterocycles. The first-order valence-corrected chi connectivity index (χ1v) is 5.67. The maximum Gasteiger partial charge on any atom is 0.273 e. The number of nitriles is 1. The van der Waals surface area contributed by atoms with E-state index in [1.807, 2.05) is 13.8 Å². The van der Waals surface area contributed by atoms with Crippen LogP contribution in [0.25, 0.3) is 0 Å². The van der Waals surface area contributed by atoms with Crippen molar-refractivity contribution in [3.05, 3.63) is 23.0 Å². The fourth-order valence-corrected chi connectivity index (χ4v) is 1.43. The molecule has 1 aromatic heterocycles. The number of hydrogen-bond donors (Lipinski definition) is 1. The second-order valence-corrected chi connectivity index (χ2v) is 3.98. The first-order valence-electron chi connectivity index (χ1n) is 5.30. The molecular weight excluding hydrogens is 240 g/mol. The second kappa shape index (κ2) is 5.60. The first-order chi connectivity index (χ1) is 8.06. The van der Waals surface area contributed by atoms with Crippen LogP contribution in [0.15, 0.2) is 12.1 Å². The molecule has 0 bridgehead atoms. The molecule has 0 unspecified atom stereocenters. The summed E-state index contributed by atoms with van der Waals surface area (Å²) in [6.45, 7) is 3.70. The molecule has 0 atom stereocenters. The fraction of sp³-hybridized carbons (Fsp3) is 0.455. The Kier molecular flexibility index (Phi) is 4.41. The first kappa shape index (κ1) is 13.4. The number of nitrogens with one attached hydrogen (secondary N) is 1. The Labute approximate surface area is 105 Å². The van der Waals surface area contributed by atoms with E-state index in [9.17, 15) is 4.79 Å². The highest BCUT2D eigenvalue weighted by atomic mass is 35.5. The second-order valence-electron chi connectivity index (χ2n) is 3.60. The summed E-state index contributed by atoms with van der Waals surface area (Å²) in [7, 11) is 0. The van der Waals surface area contributed by atoms with Gasteiger partial charge in [-0.15, -0.1) is 10.2 Å². The third-order valence-corrected chi connectivity index (χ3v) is 2.84. The van der Waals surface area contributed by atoms with Crippen LogP contribution in [0, 0.1) is 11.3 Å². The van der Waals surface area contributed by atoms with E-state index in [1.54, 1.807) is 0 Å². The van der Waals surface area contributed by atoms with Crippen molar-refractivity contribution < 1.29 is 4.79 Å². The maximum absolute atomic E-state index is 11.8. The average Bonchev–Trinajstić information content (AvgIpc) is 2.37. The number of nitrogens with zero attached hydrogens (tertiary/aromatic N) is 3. The van der Waals surface area contributed by atoms with Gasteiger partial charge in [0.25, 0.3) is 5.91 Å². The summed E-state index contributed by atoms with van der Waals surface area (Å²) in [6, 6.07) is 5.07. The van der Waals surface area contributed by atoms with Gasteiger partial charge in [0, 0.05) is 0 Å². The Morgan fingerprint density at radius 1 is 1.47 bits per heavy atom. The minimum Gasteiger partial charge on any atom is -0.332 e. The Morgan fingerprint density at radius 3 is 2.53 bits per heavy atom. The molecule has 0 aromatic carbocycles. The highest BCUT2D eigenvalue weighted by molar-refractivity contribution is 6.29. The fourth-order valence-electron chi connectivity index (χ4n) is 1.33. The van der Waals surface area contributed by atoms with Crippen molar-refractivity contribution >= 4 is 17.5 Å². The summed E-state index contributed by atoms with van der Waals surface area (Å²) in [6.07, 6.45) is 1.07. The third-order valence-electron chi connectivity index (χ3n) is 2.64. The molecule has 1 amide bonds. The molecule has 5 nitrogen and oxygen atoms in total. The molecule has 1 N–H and O–H groups in total. The lowest BCUT2D eigenvalue weighted by molar-refractivity contribution is 0.0909. The van der Waals surface area contributed by atoms with Crippen LogP contribution in [0.5, 0.6) is 0 Å². The van der Waals surface area contributed by atoms with Gasteiger partial charge in [-0.2, -0.15) is 5.26 Å². The highest BCUT2D eigenvalue weighted by Crippen LogP contribution is 2.14. The van der Waals surface area contributed by atoms with E-state index < -0.39 is 11.4 Å². The number of halogens is 1. The molecule has 0 aliphatic heterocycles. The Morgan fingerprint density at radius 2 is 2.12 bits per heavy atom. The molecule has 17 heavy (non-hydrogen) atoms. The van der Waals surface area contributed by atoms with E-state index in [1.165, 1.54) is 12.1 Å². The summed E-state index contributed by atoms with van der Waals surface area (Å²) in [5.41, 5.74) is -0.700. The normalized spacial score (nSPS) is 10.7. The van der Waals surface area contributed by atoms with Crippen molar-refractivity contribution in [2.45, 2.75) is 32.2 Å². The predicted molar refractivity (Wildman–Crippen MR) is 63.4 cm³/mol. The Hall–Kier alpha value is -1.67. The van der Waals surface area contributed by atoms with Gasteiger partial charge in [-0.25, -0.2) is 0 Å². The van der Waals surface area contributed by atoms with Crippen LogP contribution in [0.2, 0.25) is 5.15 Å². The lowest BCUT2D eigenvalue weighted by atomic mass is 9.94. The monoisotopic (exact) mass is 252 g/mol. The summed E-state index contributed by atoms with van der Waals surface area (Å²) in [5.74, 6) is -0.417. The van der Waals surface area contributed by atoms with Crippen molar-refractivity contribution in [3.63, 3.8) is 0 Å². The molecule has 0 aliphatic rings. The van der Waals surface area contributed by atoms with E-state index >= 15 is 0 Å². The summed E-state index contributed by atoms with van der Waals surface area (Å²) in [5, 5.41) is 19.2. The molecule has 0 saturated carbocycles. The molecule has 0 aliphatic carbocycles. The number of rotatable bonds is 4. The molecule has 1 aromatic rings. The largest absolute Gasteiger partial charge is 0.332 e. The molecule has 1 rings (SSSR count). The van der Waals surface area contributed by atoms with Crippen LogP contribution >= 0.6 is 11.6 Å². The summed E-state index contributed by atoms with van der Waals surface area (Å²) in [4.78, 5) is 11.8. The van der Waals surface area contributed by atoms with Gasteiger partial charge in [0.05, 0.1) is 6.07 Å². The van der Waals surface area contributed by atoms with Crippen molar-refractivity contribution in [1.82, 2.24) is 15.5 Å². The number of amides is 1. The van der Waals surface area contributed by atoms with Gasteiger partial charge < -0.3 is 5.32 Å². The van der Waals surface area contributed by atoms with Crippen LogP contribution in [-0.2, 0) is 0 Å². The van der Waals surface area contributed by atoms with E-state index in [2.05, 4.69) is 21.6 Å². The highest BCUT2D eigenvalue weighted by Gasteiger charge is 2.28. The van der Waals surface area contributed by atoms with Gasteiger partial charge in [-0.05, 0) is 25.0 Å². The maximum atomic E-state index is 11.8. The van der Waals surface area contributed by atoms with Gasteiger partial charge in [0.2, 0.25) is 0 Å². The smallest absolute Gasteiger partial charge is 0.273 e. The van der Waals surface area contributed by atoms with Crippen LogP contribution < -0.4 is 5.32 Å². The van der Waals surface area contributed by atoms with Gasteiger partial charge in [-0.3, -0.25) is 4.79 Å². The van der Waals surface area contributed by atoms with E-state index in [4.69, 9.17) is 16.9 Å². The molecule has 0 saturated heterocycles. The van der Waals surface area contributed by atoms with Crippen LogP contribution in [0.3, 0.4) is 0 Å². The molecule has 90 valence electrons. The molecule has 0 radical (unpaired) electrons. The van der Waals surface area contributed by atoms with Crippen LogP contribution in [0.1, 0.15) is 37.2 Å². The van der Waals surface area contributed by atoms with Crippen molar-refractivity contribution in [1.29, 1.82) is 5.26 Å². The van der Waals surface area contributed by atoms with Crippen LogP contribution in [-0.4, -0.2) is 21.6 Å². The Balaban J connectivity index is 2.85. The van der Waals surface area contributed by atoms with Crippen LogP contribution in [0.4, 0.5) is 0 Å². The summed E-state index contributed by atoms with van der Waals surface area (Å²) < 4.78 is 0. The van der Waals surface area contributed by atoms with Gasteiger partial charge >= 0.3 is 0 Å². The quantitative estimate of drug-likeness (QED) is 0.888. The minimum atomic E-state index is -0.849. The van der Waals surface area contributed by atoms with Gasteiger partial charge in [0.1, 0.15) is 5.54 Å². The third kappa shape index (κ3) is 3.14. The number of hydrogen-bond acceptors (Lipinski definition) is 4. The zero-order valence-electron chi connectivity index (χ0n) is 9.70. The minimum absolute atomic E-state index is 0.149. The molecule has 0 fully saturated rings. The predicted octanol–water partition coefficient (Wildman–Crippen LogP) is 1.94. The lowest BCUT2D eigenvalue weighted by Crippen LogP contribution is -2.46. The van der Waals surface area contributed by atoms with Crippen molar-refractivity contribution in [2.24, 2.45) is 0 Å². The number of carbonyl (C=O) groups is 1. The Bertz CT molecular complexity index is 434. The molecule has 6 heteroatoms. The standard InChI is InChI=1S/C11H13ClN4O/c1-3-11(4-2,7-13)14-10(17)8-5-6-9(12)16-15-8/h5-6H,3-4H2,1-2H3,(H,14,17). The zero-order chi connectivity index (χ0) is 12.9. The summed E-state index contributed by atoms with van der Waals surface area (Å²) >= 11 is 5.57. The average molecular weight is 253 g/mol. The van der Waals surface area contributed by atoms with Gasteiger partial charge in [-0.1, -0.05) is 25.4 Å². The van der Waals surface area contributed by atoms with Gasteiger partial charge in [0.15, 0.2) is 10.8 Å². The van der Waals surface area contributed by atoms with E-state index in [0.29, 0.717) is 12.8 Å². The molecular formula is C11H13ClN4O. The van der Waals surface area contributed by atoms with Crippen molar-refractivity contribution in [2.75, 3.05) is 0 Å². The SMILES string of the molecule is CCC(C#N)(CC)NC(=O)c1ccc(Cl)nn1. The van der Waals surface area contributed by atoms with E-state index in [-0.39, 0.29) is 10.8 Å². The zero-order valence-corrected chi connectivity index (χ0v) is 10.5. The lowest BCUT2D eigenvalue weighted by Gasteiger charge is -2.24. The number of aromatic nitrogens is 2. The number of carbonyl (C=O) groups excluding carboxylic acids is 1. The topological polar surface area (TPSA) is 78.7 Å². The van der Waals surface area contributed by atoms with Crippen molar-refractivity contribution in [3.8, 4) is 6.07 Å². The van der Waals surface area contributed by atoms with E-state index in [0.717, 1.165) is 0 Å². The molecule has 0 spiro atoms.